The third kappa shape index (κ3) is 5.13. The molecule has 0 bridgehead atoms. The van der Waals surface area contributed by atoms with E-state index in [-0.39, 0.29) is 29.5 Å². The lowest BCUT2D eigenvalue weighted by Gasteiger charge is -2.23. The molecule has 0 radical (unpaired) electrons. The van der Waals surface area contributed by atoms with Crippen LogP contribution < -0.4 is 20.1 Å². The predicted molar refractivity (Wildman–Crippen MR) is 96.8 cm³/mol. The van der Waals surface area contributed by atoms with Gasteiger partial charge in [-0.3, -0.25) is 10.1 Å². The van der Waals surface area contributed by atoms with E-state index < -0.39 is 18.0 Å². The maximum atomic E-state index is 11.8. The molecule has 2 atom stereocenters. The van der Waals surface area contributed by atoms with Crippen LogP contribution in [0.5, 0.6) is 11.5 Å². The Labute approximate surface area is 160 Å². The number of carbonyl (C=O) groups is 2. The van der Waals surface area contributed by atoms with Gasteiger partial charge in [0.15, 0.2) is 11.5 Å². The van der Waals surface area contributed by atoms with Crippen LogP contribution in [0.4, 0.5) is 4.79 Å². The molecule has 0 saturated heterocycles. The quantitative estimate of drug-likeness (QED) is 0.720. The zero-order valence-electron chi connectivity index (χ0n) is 14.9. The fraction of sp³-hybridized carbons (Fsp3) is 0.412. The van der Waals surface area contributed by atoms with Gasteiger partial charge in [-0.1, -0.05) is 30.8 Å². The minimum absolute atomic E-state index is 0.00760. The number of fused-ring (bicyclic) bond motifs is 1. The molecule has 1 aliphatic rings. The third-order valence-electron chi connectivity index (χ3n) is 3.78. The van der Waals surface area contributed by atoms with Gasteiger partial charge in [0.2, 0.25) is 12.0 Å². The highest BCUT2D eigenvalue weighted by atomic mass is 32.2. The summed E-state index contributed by atoms with van der Waals surface area (Å²) in [5.41, 5.74) is 0. The van der Waals surface area contributed by atoms with Crippen LogP contribution in [0.1, 0.15) is 32.3 Å². The number of hydrogen-bond acceptors (Lipinski definition) is 8. The summed E-state index contributed by atoms with van der Waals surface area (Å²) in [6, 6.07) is 6.78. The summed E-state index contributed by atoms with van der Waals surface area (Å²) < 4.78 is 16.9. The fourth-order valence-electron chi connectivity index (χ4n) is 2.20. The van der Waals surface area contributed by atoms with E-state index in [9.17, 15) is 9.59 Å². The Kier molecular flexibility index (Phi) is 6.17. The summed E-state index contributed by atoms with van der Waals surface area (Å²) in [4.78, 5) is 23.4. The van der Waals surface area contributed by atoms with E-state index in [4.69, 9.17) is 13.9 Å². The van der Waals surface area contributed by atoms with Crippen molar-refractivity contribution in [2.75, 3.05) is 12.4 Å². The van der Waals surface area contributed by atoms with Gasteiger partial charge in [0.1, 0.15) is 6.61 Å². The molecule has 2 N–H and O–H groups in total. The predicted octanol–water partition coefficient (Wildman–Crippen LogP) is 2.30. The largest absolute Gasteiger partial charge is 0.485 e. The number of aromatic nitrogens is 2. The van der Waals surface area contributed by atoms with Crippen LogP contribution in [-0.4, -0.2) is 40.5 Å². The van der Waals surface area contributed by atoms with Crippen LogP contribution in [0, 0.1) is 0 Å². The first-order valence-electron chi connectivity index (χ1n) is 8.50. The summed E-state index contributed by atoms with van der Waals surface area (Å²) >= 11 is 1.04. The van der Waals surface area contributed by atoms with Gasteiger partial charge in [-0.15, -0.1) is 10.2 Å². The number of thioether (sulfide) groups is 1. The van der Waals surface area contributed by atoms with Gasteiger partial charge < -0.3 is 19.2 Å². The Morgan fingerprint density at radius 2 is 2.07 bits per heavy atom. The van der Waals surface area contributed by atoms with Gasteiger partial charge in [-0.25, -0.2) is 4.79 Å². The summed E-state index contributed by atoms with van der Waals surface area (Å²) in [5.74, 6) is 1.05. The van der Waals surface area contributed by atoms with E-state index >= 15 is 0 Å². The van der Waals surface area contributed by atoms with Gasteiger partial charge in [-0.05, 0) is 25.5 Å². The maximum absolute atomic E-state index is 11.8. The van der Waals surface area contributed by atoms with Gasteiger partial charge in [0.05, 0.1) is 5.75 Å². The zero-order chi connectivity index (χ0) is 19.2. The molecule has 9 nitrogen and oxygen atoms in total. The summed E-state index contributed by atoms with van der Waals surface area (Å²) in [5, 5.41) is 13.0. The molecule has 0 spiro atoms. The van der Waals surface area contributed by atoms with Crippen molar-refractivity contribution in [1.29, 1.82) is 0 Å². The molecule has 1 aromatic heterocycles. The molecule has 1 aliphatic heterocycles. The molecule has 0 aliphatic carbocycles. The third-order valence-corrected chi connectivity index (χ3v) is 4.59. The molecule has 10 heteroatoms. The number of imide groups is 1. The van der Waals surface area contributed by atoms with E-state index in [1.54, 1.807) is 6.07 Å². The number of hydrogen-bond donors (Lipinski definition) is 2. The first-order valence-corrected chi connectivity index (χ1v) is 9.48. The normalized spacial score (nSPS) is 16.4. The average molecular weight is 392 g/mol. The standard InChI is InChI=1S/C17H20N4O5S/c1-3-10(2)18-16(23)19-14(22)9-27-17-21-20-15(26-17)13-8-24-11-6-4-5-7-12(11)25-13/h4-7,10,13H,3,8-9H2,1-2H3,(H2,18,19,22,23)/t10-,13+/m1/s1. The number of carbonyl (C=O) groups excluding carboxylic acids is 2. The Bertz CT molecular complexity index is 812. The van der Waals surface area contributed by atoms with E-state index in [1.807, 2.05) is 32.0 Å². The minimum atomic E-state index is -0.521. The molecule has 3 rings (SSSR count). The maximum Gasteiger partial charge on any atom is 0.321 e. The van der Waals surface area contributed by atoms with Gasteiger partial charge >= 0.3 is 6.03 Å². The molecule has 0 unspecified atom stereocenters. The monoisotopic (exact) mass is 392 g/mol. The van der Waals surface area contributed by atoms with Crippen molar-refractivity contribution in [3.8, 4) is 11.5 Å². The Morgan fingerprint density at radius 3 is 2.85 bits per heavy atom. The number of rotatable bonds is 6. The number of amides is 3. The lowest BCUT2D eigenvalue weighted by molar-refractivity contribution is -0.117. The highest BCUT2D eigenvalue weighted by Crippen LogP contribution is 2.35. The van der Waals surface area contributed by atoms with Crippen molar-refractivity contribution < 1.29 is 23.5 Å². The smallest absolute Gasteiger partial charge is 0.321 e. The lowest BCUT2D eigenvalue weighted by atomic mass is 10.2. The average Bonchev–Trinajstić information content (AvgIpc) is 3.15. The Hall–Kier alpha value is -2.75. The van der Waals surface area contributed by atoms with E-state index in [0.29, 0.717) is 11.5 Å². The van der Waals surface area contributed by atoms with Crippen molar-refractivity contribution in [2.24, 2.45) is 0 Å². The summed E-state index contributed by atoms with van der Waals surface area (Å²) in [7, 11) is 0. The number of nitrogens with one attached hydrogen (secondary N) is 2. The van der Waals surface area contributed by atoms with Crippen LogP contribution in [0.25, 0.3) is 0 Å². The molecular formula is C17H20N4O5S. The molecule has 1 aromatic carbocycles. The zero-order valence-corrected chi connectivity index (χ0v) is 15.7. The molecular weight excluding hydrogens is 372 g/mol. The number of benzene rings is 1. The Balaban J connectivity index is 1.49. The summed E-state index contributed by atoms with van der Waals surface area (Å²) in [6.07, 6.45) is 0.260. The van der Waals surface area contributed by atoms with Crippen molar-refractivity contribution in [3.63, 3.8) is 0 Å². The van der Waals surface area contributed by atoms with Crippen molar-refractivity contribution in [3.05, 3.63) is 30.2 Å². The highest BCUT2D eigenvalue weighted by molar-refractivity contribution is 7.99. The van der Waals surface area contributed by atoms with E-state index in [0.717, 1.165) is 18.2 Å². The first-order chi connectivity index (χ1) is 13.0. The molecule has 2 heterocycles. The van der Waals surface area contributed by atoms with Crippen molar-refractivity contribution in [2.45, 2.75) is 37.6 Å². The second kappa shape index (κ2) is 8.76. The van der Waals surface area contributed by atoms with Crippen LogP contribution >= 0.6 is 11.8 Å². The topological polar surface area (TPSA) is 116 Å². The van der Waals surface area contributed by atoms with Gasteiger partial charge in [0, 0.05) is 6.04 Å². The number of ether oxygens (including phenoxy) is 2. The molecule has 3 amide bonds. The fourth-order valence-corrected chi connectivity index (χ4v) is 2.77. The van der Waals surface area contributed by atoms with Gasteiger partial charge in [0.25, 0.3) is 11.1 Å². The summed E-state index contributed by atoms with van der Waals surface area (Å²) in [6.45, 7) is 4.04. The Morgan fingerprint density at radius 1 is 1.30 bits per heavy atom. The molecule has 27 heavy (non-hydrogen) atoms. The molecule has 144 valence electrons. The lowest BCUT2D eigenvalue weighted by Crippen LogP contribution is -2.43. The number of urea groups is 1. The minimum Gasteiger partial charge on any atom is -0.485 e. The molecule has 0 fully saturated rings. The van der Waals surface area contributed by atoms with Gasteiger partial charge in [-0.2, -0.15) is 0 Å². The van der Waals surface area contributed by atoms with Crippen LogP contribution in [0.3, 0.4) is 0 Å². The van der Waals surface area contributed by atoms with Crippen molar-refractivity contribution in [1.82, 2.24) is 20.8 Å². The second-order valence-electron chi connectivity index (χ2n) is 5.89. The van der Waals surface area contributed by atoms with Crippen molar-refractivity contribution >= 4 is 23.7 Å². The van der Waals surface area contributed by atoms with Crippen LogP contribution in [0.2, 0.25) is 0 Å². The molecule has 0 saturated carbocycles. The van der Waals surface area contributed by atoms with E-state index in [1.165, 1.54) is 0 Å². The number of nitrogens with zero attached hydrogens (tertiary/aromatic N) is 2. The SMILES string of the molecule is CC[C@@H](C)NC(=O)NC(=O)CSc1nnc([C@@H]2COc3ccccc3O2)o1. The van der Waals surface area contributed by atoms with Crippen LogP contribution in [-0.2, 0) is 4.79 Å². The highest BCUT2D eigenvalue weighted by Gasteiger charge is 2.27. The molecule has 2 aromatic rings. The first kappa shape index (κ1) is 19.0. The second-order valence-corrected chi connectivity index (χ2v) is 6.82. The van der Waals surface area contributed by atoms with E-state index in [2.05, 4.69) is 20.8 Å². The number of para-hydroxylation sites is 2. The van der Waals surface area contributed by atoms with Crippen LogP contribution in [0.15, 0.2) is 33.9 Å².